The van der Waals surface area contributed by atoms with Crippen LogP contribution in [0.1, 0.15) is 48.2 Å². The van der Waals surface area contributed by atoms with Crippen molar-refractivity contribution in [2.45, 2.75) is 38.8 Å². The van der Waals surface area contributed by atoms with E-state index in [1.165, 1.54) is 17.0 Å². The lowest BCUT2D eigenvalue weighted by molar-refractivity contribution is -0.137. The van der Waals surface area contributed by atoms with Crippen LogP contribution in [0, 0.1) is 11.6 Å². The summed E-state index contributed by atoms with van der Waals surface area (Å²) >= 11 is 0. The van der Waals surface area contributed by atoms with Crippen LogP contribution >= 0.6 is 0 Å². The minimum atomic E-state index is -1.02. The Labute approximate surface area is 190 Å². The molecule has 3 rings (SSSR count). The van der Waals surface area contributed by atoms with E-state index in [1.54, 1.807) is 32.9 Å². The summed E-state index contributed by atoms with van der Waals surface area (Å²) in [5, 5.41) is 9.15. The summed E-state index contributed by atoms with van der Waals surface area (Å²) < 4.78 is 32.8. The normalized spacial score (nSPS) is 13.9. The van der Waals surface area contributed by atoms with E-state index in [0.29, 0.717) is 13.1 Å². The number of halogens is 2. The van der Waals surface area contributed by atoms with E-state index < -0.39 is 29.3 Å². The summed E-state index contributed by atoms with van der Waals surface area (Å²) in [5.74, 6) is -2.95. The molecule has 2 aromatic rings. The van der Waals surface area contributed by atoms with Crippen molar-refractivity contribution in [2.24, 2.45) is 0 Å². The molecule has 1 heterocycles. The molecule has 0 bridgehead atoms. The number of hydrogen-bond donors (Lipinski definition) is 1. The third-order valence-corrected chi connectivity index (χ3v) is 5.19. The molecule has 1 fully saturated rings. The Morgan fingerprint density at radius 2 is 1.82 bits per heavy atom. The highest BCUT2D eigenvalue weighted by Gasteiger charge is 2.34. The molecule has 0 spiro atoms. The number of carbonyl (C=O) groups is 3. The first kappa shape index (κ1) is 24.2. The van der Waals surface area contributed by atoms with Gasteiger partial charge in [-0.05, 0) is 44.5 Å². The molecule has 176 valence electrons. The number of likely N-dealkylation sites (tertiary alicyclic amines) is 1. The molecule has 0 radical (unpaired) electrons. The average molecular weight is 460 g/mol. The van der Waals surface area contributed by atoms with Gasteiger partial charge in [-0.2, -0.15) is 0 Å². The van der Waals surface area contributed by atoms with Gasteiger partial charge in [0, 0.05) is 30.6 Å². The number of aromatic carboxylic acids is 1. The van der Waals surface area contributed by atoms with E-state index >= 15 is 0 Å². The number of ether oxygens (including phenoxy) is 1. The smallest absolute Gasteiger partial charge is 0.411 e. The lowest BCUT2D eigenvalue weighted by Gasteiger charge is -2.40. The van der Waals surface area contributed by atoms with Crippen LogP contribution in [0.3, 0.4) is 0 Å². The first-order valence-corrected chi connectivity index (χ1v) is 10.5. The highest BCUT2D eigenvalue weighted by molar-refractivity contribution is 5.88. The molecule has 0 unspecified atom stereocenters. The minimum absolute atomic E-state index is 0.0160. The zero-order valence-electron chi connectivity index (χ0n) is 18.7. The van der Waals surface area contributed by atoms with Crippen molar-refractivity contribution in [1.29, 1.82) is 0 Å². The van der Waals surface area contributed by atoms with E-state index in [9.17, 15) is 23.2 Å². The largest absolute Gasteiger partial charge is 0.478 e. The average Bonchev–Trinajstić information content (AvgIpc) is 2.67. The molecule has 2 aromatic carbocycles. The van der Waals surface area contributed by atoms with Crippen LogP contribution in [0.4, 0.5) is 13.6 Å². The number of nitrogens with zero attached hydrogens (tertiary/aromatic N) is 2. The molecule has 0 aromatic heterocycles. The Bertz CT molecular complexity index is 1060. The summed E-state index contributed by atoms with van der Waals surface area (Å²) in [5.41, 5.74) is 0.226. The van der Waals surface area contributed by atoms with E-state index in [2.05, 4.69) is 0 Å². The molecule has 9 heteroatoms. The lowest BCUT2D eigenvalue weighted by atomic mass is 9.90. The Kier molecular flexibility index (Phi) is 7.00. The van der Waals surface area contributed by atoms with Crippen LogP contribution in [0.2, 0.25) is 0 Å². The molecule has 7 nitrogen and oxygen atoms in total. The van der Waals surface area contributed by atoms with Gasteiger partial charge in [-0.1, -0.05) is 18.2 Å². The summed E-state index contributed by atoms with van der Waals surface area (Å²) in [6, 6.07) is 9.57. The van der Waals surface area contributed by atoms with E-state index in [0.717, 1.165) is 22.6 Å². The van der Waals surface area contributed by atoms with Gasteiger partial charge in [0.15, 0.2) is 0 Å². The van der Waals surface area contributed by atoms with Crippen molar-refractivity contribution in [1.82, 2.24) is 9.80 Å². The second-order valence-electron chi connectivity index (χ2n) is 9.00. The fraction of sp³-hybridized carbons (Fsp3) is 0.375. The maximum atomic E-state index is 14.2. The number of carboxylic acids is 1. The van der Waals surface area contributed by atoms with Crippen molar-refractivity contribution < 1.29 is 33.0 Å². The highest BCUT2D eigenvalue weighted by Crippen LogP contribution is 2.28. The molecular formula is C24H26F2N2O5. The predicted octanol–water partition coefficient (Wildman–Crippen LogP) is 4.03. The third-order valence-electron chi connectivity index (χ3n) is 5.19. The Balaban J connectivity index is 1.68. The SMILES string of the molecule is CC(C)(C)OC(=O)N(CC(=O)N1CC(c2cccc(C(=O)O)c2)C1)Cc1ccc(F)cc1F. The van der Waals surface area contributed by atoms with Gasteiger partial charge >= 0.3 is 12.1 Å². The van der Waals surface area contributed by atoms with Crippen LogP contribution in [0.25, 0.3) is 0 Å². The Morgan fingerprint density at radius 3 is 2.42 bits per heavy atom. The lowest BCUT2D eigenvalue weighted by Crippen LogP contribution is -2.52. The third kappa shape index (κ3) is 6.27. The van der Waals surface area contributed by atoms with Gasteiger partial charge in [-0.15, -0.1) is 0 Å². The second kappa shape index (κ2) is 9.56. The van der Waals surface area contributed by atoms with Crippen molar-refractivity contribution in [3.05, 3.63) is 70.8 Å². The molecular weight excluding hydrogens is 434 g/mol. The first-order valence-electron chi connectivity index (χ1n) is 10.5. The maximum absolute atomic E-state index is 14.2. The fourth-order valence-electron chi connectivity index (χ4n) is 3.45. The van der Waals surface area contributed by atoms with Gasteiger partial charge in [-0.25, -0.2) is 18.4 Å². The van der Waals surface area contributed by atoms with Crippen molar-refractivity contribution >= 4 is 18.0 Å². The summed E-state index contributed by atoms with van der Waals surface area (Å²) in [4.78, 5) is 39.3. The van der Waals surface area contributed by atoms with E-state index in [1.807, 2.05) is 6.07 Å². The van der Waals surface area contributed by atoms with Crippen molar-refractivity contribution in [2.75, 3.05) is 19.6 Å². The fourth-order valence-corrected chi connectivity index (χ4v) is 3.45. The van der Waals surface area contributed by atoms with Crippen LogP contribution < -0.4 is 0 Å². The molecule has 1 aliphatic heterocycles. The first-order chi connectivity index (χ1) is 15.4. The minimum Gasteiger partial charge on any atom is -0.478 e. The summed E-state index contributed by atoms with van der Waals surface area (Å²) in [6.07, 6.45) is -0.786. The highest BCUT2D eigenvalue weighted by atomic mass is 19.1. The van der Waals surface area contributed by atoms with Gasteiger partial charge in [0.2, 0.25) is 5.91 Å². The van der Waals surface area contributed by atoms with Crippen LogP contribution in [-0.4, -0.2) is 58.1 Å². The molecule has 0 saturated carbocycles. The number of carboxylic acid groups (broad SMARTS) is 1. The van der Waals surface area contributed by atoms with Gasteiger partial charge in [0.1, 0.15) is 23.8 Å². The van der Waals surface area contributed by atoms with E-state index in [-0.39, 0.29) is 36.0 Å². The van der Waals surface area contributed by atoms with Gasteiger partial charge in [-0.3, -0.25) is 9.69 Å². The number of carbonyl (C=O) groups excluding carboxylic acids is 2. The predicted molar refractivity (Wildman–Crippen MR) is 116 cm³/mol. The Hall–Kier alpha value is -3.49. The van der Waals surface area contributed by atoms with Gasteiger partial charge in [0.25, 0.3) is 0 Å². The standard InChI is InChI=1S/C24H26F2N2O5/c1-24(2,3)33-23(32)28(11-17-7-8-19(25)10-20(17)26)14-21(29)27-12-18(13-27)15-5-4-6-16(9-15)22(30)31/h4-10,18H,11-14H2,1-3H3,(H,30,31). The second-order valence-corrected chi connectivity index (χ2v) is 9.00. The summed E-state index contributed by atoms with van der Waals surface area (Å²) in [6.45, 7) is 5.17. The number of hydrogen-bond acceptors (Lipinski definition) is 4. The van der Waals surface area contributed by atoms with Gasteiger partial charge < -0.3 is 14.7 Å². The molecule has 2 amide bonds. The molecule has 1 aliphatic rings. The van der Waals surface area contributed by atoms with Crippen LogP contribution in [-0.2, 0) is 16.1 Å². The molecule has 0 aliphatic carbocycles. The van der Waals surface area contributed by atoms with Crippen LogP contribution in [0.5, 0.6) is 0 Å². The van der Waals surface area contributed by atoms with Gasteiger partial charge in [0.05, 0.1) is 12.1 Å². The number of amides is 2. The van der Waals surface area contributed by atoms with Crippen LogP contribution in [0.15, 0.2) is 42.5 Å². The zero-order valence-corrected chi connectivity index (χ0v) is 18.7. The molecule has 1 N–H and O–H groups in total. The molecule has 0 atom stereocenters. The Morgan fingerprint density at radius 1 is 1.12 bits per heavy atom. The molecule has 33 heavy (non-hydrogen) atoms. The summed E-state index contributed by atoms with van der Waals surface area (Å²) in [7, 11) is 0. The van der Waals surface area contributed by atoms with Crippen molar-refractivity contribution in [3.63, 3.8) is 0 Å². The number of rotatable bonds is 6. The zero-order chi connectivity index (χ0) is 24.3. The topological polar surface area (TPSA) is 87.2 Å². The molecule has 1 saturated heterocycles. The number of benzene rings is 2. The monoisotopic (exact) mass is 460 g/mol. The van der Waals surface area contributed by atoms with Crippen molar-refractivity contribution in [3.8, 4) is 0 Å². The van der Waals surface area contributed by atoms with E-state index in [4.69, 9.17) is 9.84 Å². The quantitative estimate of drug-likeness (QED) is 0.704. The maximum Gasteiger partial charge on any atom is 0.411 e.